The molecule has 154 valence electrons. The van der Waals surface area contributed by atoms with Crippen LogP contribution in [0.4, 0.5) is 11.4 Å². The van der Waals surface area contributed by atoms with E-state index < -0.39 is 9.84 Å². The van der Waals surface area contributed by atoms with Gasteiger partial charge >= 0.3 is 0 Å². The molecule has 1 saturated heterocycles. The van der Waals surface area contributed by atoms with Gasteiger partial charge in [-0.25, -0.2) is 8.42 Å². The van der Waals surface area contributed by atoms with E-state index in [-0.39, 0.29) is 30.0 Å². The fourth-order valence-electron chi connectivity index (χ4n) is 4.18. The summed E-state index contributed by atoms with van der Waals surface area (Å²) in [6, 6.07) is 18.3. The lowest BCUT2D eigenvalue weighted by molar-refractivity contribution is -0.120. The zero-order valence-electron chi connectivity index (χ0n) is 16.5. The highest BCUT2D eigenvalue weighted by Gasteiger charge is 2.29. The van der Waals surface area contributed by atoms with E-state index >= 15 is 0 Å². The minimum atomic E-state index is -3.00. The molecule has 0 unspecified atom stereocenters. The molecule has 2 aliphatic heterocycles. The number of amides is 1. The van der Waals surface area contributed by atoms with Crippen molar-refractivity contribution in [3.63, 3.8) is 0 Å². The molecule has 0 spiro atoms. The van der Waals surface area contributed by atoms with Crippen LogP contribution >= 0.6 is 0 Å². The Labute approximate surface area is 172 Å². The van der Waals surface area contributed by atoms with Gasteiger partial charge in [0.05, 0.1) is 29.4 Å². The van der Waals surface area contributed by atoms with Crippen molar-refractivity contribution in [2.24, 2.45) is 0 Å². The normalized spacial score (nSPS) is 20.8. The van der Waals surface area contributed by atoms with Crippen LogP contribution in [0, 0.1) is 0 Å². The van der Waals surface area contributed by atoms with Crippen LogP contribution in [-0.2, 0) is 21.2 Å². The lowest BCUT2D eigenvalue weighted by Crippen LogP contribution is -2.43. The maximum atomic E-state index is 12.6. The number of anilines is 2. The highest BCUT2D eigenvalue weighted by Crippen LogP contribution is 2.33. The first-order valence-electron chi connectivity index (χ1n) is 10.1. The predicted octanol–water partition coefficient (Wildman–Crippen LogP) is 2.21. The molecule has 0 bridgehead atoms. The number of rotatable bonds is 5. The molecule has 29 heavy (non-hydrogen) atoms. The molecule has 1 amide bonds. The summed E-state index contributed by atoms with van der Waals surface area (Å²) in [7, 11) is -3.00. The standard InChI is InChI=1S/C22H27N3O3S/c26-22(23-19-11-14-29(27,28)17-19)16-25-13-6-12-24(15-18-7-2-1-3-8-18)20-9-4-5-10-21(20)25/h1-5,7-10,19H,6,11-17H2,(H,23,26)/t19-/m1/s1. The third-order valence-electron chi connectivity index (χ3n) is 5.57. The molecule has 2 aliphatic rings. The van der Waals surface area contributed by atoms with Crippen LogP contribution in [-0.4, -0.2) is 51.5 Å². The molecule has 0 radical (unpaired) electrons. The van der Waals surface area contributed by atoms with Gasteiger partial charge in [-0.15, -0.1) is 0 Å². The lowest BCUT2D eigenvalue weighted by Gasteiger charge is -2.28. The van der Waals surface area contributed by atoms with Crippen molar-refractivity contribution < 1.29 is 13.2 Å². The Balaban J connectivity index is 1.47. The molecule has 0 aromatic heterocycles. The van der Waals surface area contributed by atoms with Crippen LogP contribution in [0.3, 0.4) is 0 Å². The van der Waals surface area contributed by atoms with E-state index in [2.05, 4.69) is 51.5 Å². The Hall–Kier alpha value is -2.54. The van der Waals surface area contributed by atoms with Crippen molar-refractivity contribution in [2.45, 2.75) is 25.4 Å². The second-order valence-electron chi connectivity index (χ2n) is 7.84. The number of fused-ring (bicyclic) bond motifs is 1. The first kappa shape index (κ1) is 19.8. The maximum absolute atomic E-state index is 12.6. The summed E-state index contributed by atoms with van der Waals surface area (Å²) < 4.78 is 23.3. The zero-order valence-corrected chi connectivity index (χ0v) is 17.3. The van der Waals surface area contributed by atoms with Gasteiger partial charge in [-0.2, -0.15) is 0 Å². The number of nitrogens with zero attached hydrogens (tertiary/aromatic N) is 2. The molecule has 0 saturated carbocycles. The van der Waals surface area contributed by atoms with Crippen LogP contribution in [0.25, 0.3) is 0 Å². The van der Waals surface area contributed by atoms with Gasteiger partial charge in [-0.05, 0) is 30.5 Å². The third-order valence-corrected chi connectivity index (χ3v) is 7.34. The Kier molecular flexibility index (Phi) is 5.76. The van der Waals surface area contributed by atoms with E-state index in [4.69, 9.17) is 0 Å². The van der Waals surface area contributed by atoms with Crippen molar-refractivity contribution in [1.29, 1.82) is 0 Å². The molecule has 2 aromatic rings. The molecular formula is C22H27N3O3S. The van der Waals surface area contributed by atoms with Gasteiger partial charge in [0.2, 0.25) is 5.91 Å². The number of nitrogens with one attached hydrogen (secondary N) is 1. The highest BCUT2D eigenvalue weighted by atomic mass is 32.2. The molecule has 1 fully saturated rings. The summed E-state index contributed by atoms with van der Waals surface area (Å²) in [5.41, 5.74) is 3.44. The van der Waals surface area contributed by atoms with Crippen LogP contribution in [0.1, 0.15) is 18.4 Å². The van der Waals surface area contributed by atoms with Crippen LogP contribution in [0.5, 0.6) is 0 Å². The zero-order chi connectivity index (χ0) is 20.3. The van der Waals surface area contributed by atoms with Gasteiger partial charge < -0.3 is 15.1 Å². The Morgan fingerprint density at radius 3 is 2.31 bits per heavy atom. The molecule has 1 N–H and O–H groups in total. The molecule has 4 rings (SSSR count). The monoisotopic (exact) mass is 413 g/mol. The highest BCUT2D eigenvalue weighted by molar-refractivity contribution is 7.91. The average molecular weight is 414 g/mol. The Morgan fingerprint density at radius 2 is 1.62 bits per heavy atom. The van der Waals surface area contributed by atoms with Gasteiger partial charge in [0.15, 0.2) is 9.84 Å². The van der Waals surface area contributed by atoms with Crippen molar-refractivity contribution >= 4 is 27.1 Å². The Morgan fingerprint density at radius 1 is 0.966 bits per heavy atom. The molecule has 1 atom stereocenters. The second kappa shape index (κ2) is 8.45. The number of carbonyl (C=O) groups excluding carboxylic acids is 1. The first-order chi connectivity index (χ1) is 14.0. The van der Waals surface area contributed by atoms with Crippen LogP contribution in [0.15, 0.2) is 54.6 Å². The van der Waals surface area contributed by atoms with Crippen molar-refractivity contribution in [3.8, 4) is 0 Å². The summed E-state index contributed by atoms with van der Waals surface area (Å²) in [5, 5.41) is 2.91. The molecule has 6 nitrogen and oxygen atoms in total. The summed E-state index contributed by atoms with van der Waals surface area (Å²) in [6.07, 6.45) is 1.46. The summed E-state index contributed by atoms with van der Waals surface area (Å²) in [4.78, 5) is 17.1. The average Bonchev–Trinajstić information content (AvgIpc) is 2.95. The number of sulfone groups is 1. The van der Waals surface area contributed by atoms with E-state index in [1.54, 1.807) is 0 Å². The SMILES string of the molecule is O=C(CN1CCCN(Cc2ccccc2)c2ccccc21)N[C@@H]1CCS(=O)(=O)C1. The largest absolute Gasteiger partial charge is 0.365 e. The third kappa shape index (κ3) is 4.90. The van der Waals surface area contributed by atoms with E-state index in [1.165, 1.54) is 5.56 Å². The fraction of sp³-hybridized carbons (Fsp3) is 0.409. The molecule has 2 heterocycles. The van der Waals surface area contributed by atoms with Gasteiger partial charge in [0, 0.05) is 25.7 Å². The van der Waals surface area contributed by atoms with Crippen molar-refractivity contribution in [1.82, 2.24) is 5.32 Å². The van der Waals surface area contributed by atoms with E-state index in [0.717, 1.165) is 37.4 Å². The first-order valence-corrected chi connectivity index (χ1v) is 11.9. The minimum absolute atomic E-state index is 0.0557. The molecule has 7 heteroatoms. The topological polar surface area (TPSA) is 69.7 Å². The van der Waals surface area contributed by atoms with Gasteiger partial charge in [-0.3, -0.25) is 4.79 Å². The summed E-state index contributed by atoms with van der Waals surface area (Å²) in [5.74, 6) is 0.109. The minimum Gasteiger partial charge on any atom is -0.365 e. The summed E-state index contributed by atoms with van der Waals surface area (Å²) in [6.45, 7) is 2.79. The fourth-order valence-corrected chi connectivity index (χ4v) is 5.85. The molecule has 0 aliphatic carbocycles. The predicted molar refractivity (Wildman–Crippen MR) is 116 cm³/mol. The maximum Gasteiger partial charge on any atom is 0.239 e. The summed E-state index contributed by atoms with van der Waals surface area (Å²) >= 11 is 0. The van der Waals surface area contributed by atoms with Crippen LogP contribution < -0.4 is 15.1 Å². The van der Waals surface area contributed by atoms with E-state index in [1.807, 2.05) is 18.2 Å². The number of benzene rings is 2. The van der Waals surface area contributed by atoms with Crippen LogP contribution in [0.2, 0.25) is 0 Å². The lowest BCUT2D eigenvalue weighted by atomic mass is 10.1. The van der Waals surface area contributed by atoms with E-state index in [9.17, 15) is 13.2 Å². The Bertz CT molecular complexity index is 962. The quantitative estimate of drug-likeness (QED) is 0.814. The van der Waals surface area contributed by atoms with Gasteiger partial charge in [0.1, 0.15) is 0 Å². The van der Waals surface area contributed by atoms with E-state index in [0.29, 0.717) is 6.42 Å². The smallest absolute Gasteiger partial charge is 0.239 e. The van der Waals surface area contributed by atoms with Crippen molar-refractivity contribution in [2.75, 3.05) is 40.9 Å². The molecule has 2 aromatic carbocycles. The second-order valence-corrected chi connectivity index (χ2v) is 10.1. The van der Waals surface area contributed by atoms with Crippen molar-refractivity contribution in [3.05, 3.63) is 60.2 Å². The number of para-hydroxylation sites is 2. The van der Waals surface area contributed by atoms with Gasteiger partial charge in [0.25, 0.3) is 0 Å². The number of hydrogen-bond acceptors (Lipinski definition) is 5. The molecular weight excluding hydrogens is 386 g/mol. The van der Waals surface area contributed by atoms with Gasteiger partial charge in [-0.1, -0.05) is 42.5 Å². The number of carbonyl (C=O) groups is 1. The number of hydrogen-bond donors (Lipinski definition) is 1.